The second kappa shape index (κ2) is 3.78. The van der Waals surface area contributed by atoms with E-state index < -0.39 is 0 Å². The maximum Gasteiger partial charge on any atom is 0.244 e. The summed E-state index contributed by atoms with van der Waals surface area (Å²) in [7, 11) is 0. The molecule has 2 fully saturated rings. The van der Waals surface area contributed by atoms with Crippen molar-refractivity contribution >= 4 is 5.91 Å². The van der Waals surface area contributed by atoms with Crippen LogP contribution in [-0.2, 0) is 4.79 Å². The molecule has 1 amide bonds. The fraction of sp³-hybridized carbons (Fsp3) is 0.917. The molecule has 1 heterocycles. The van der Waals surface area contributed by atoms with Crippen LogP contribution >= 0.6 is 0 Å². The molecule has 2 rings (SSSR count). The van der Waals surface area contributed by atoms with Gasteiger partial charge in [-0.15, -0.1) is 0 Å². The molecule has 3 heteroatoms. The van der Waals surface area contributed by atoms with Gasteiger partial charge in [0.25, 0.3) is 0 Å². The van der Waals surface area contributed by atoms with Gasteiger partial charge in [0, 0.05) is 6.54 Å². The quantitative estimate of drug-likeness (QED) is 0.753. The number of rotatable bonds is 2. The Morgan fingerprint density at radius 3 is 2.60 bits per heavy atom. The van der Waals surface area contributed by atoms with Crippen LogP contribution < -0.4 is 5.32 Å². The number of amides is 1. The van der Waals surface area contributed by atoms with Crippen LogP contribution in [0.3, 0.4) is 0 Å². The van der Waals surface area contributed by atoms with Crippen LogP contribution in [0.25, 0.3) is 0 Å². The van der Waals surface area contributed by atoms with Gasteiger partial charge in [0.15, 0.2) is 0 Å². The molecule has 1 N–H and O–H groups in total. The fourth-order valence-corrected chi connectivity index (χ4v) is 2.96. The van der Waals surface area contributed by atoms with Gasteiger partial charge in [-0.25, -0.2) is 0 Å². The summed E-state index contributed by atoms with van der Waals surface area (Å²) in [6.07, 6.45) is 4.68. The van der Waals surface area contributed by atoms with Crippen molar-refractivity contribution in [1.29, 1.82) is 0 Å². The first-order chi connectivity index (χ1) is 7.05. The van der Waals surface area contributed by atoms with Crippen LogP contribution in [-0.4, -0.2) is 29.1 Å². The van der Waals surface area contributed by atoms with E-state index in [0.717, 1.165) is 19.4 Å². The lowest BCUT2D eigenvalue weighted by Crippen LogP contribution is -2.44. The van der Waals surface area contributed by atoms with Crippen molar-refractivity contribution in [3.63, 3.8) is 0 Å². The molecule has 3 nitrogen and oxygen atoms in total. The van der Waals surface area contributed by atoms with Gasteiger partial charge in [-0.1, -0.05) is 26.7 Å². The van der Waals surface area contributed by atoms with E-state index in [2.05, 4.69) is 26.1 Å². The zero-order valence-electron chi connectivity index (χ0n) is 10.0. The molecule has 1 aliphatic heterocycles. The van der Waals surface area contributed by atoms with E-state index in [9.17, 15) is 4.79 Å². The third kappa shape index (κ3) is 1.78. The standard InChI is InChI=1S/C12H22N2O/c1-9(2)8-14-10(3)13-12(11(14)15)6-4-5-7-12/h9-10,13H,4-8H2,1-3H3. The smallest absolute Gasteiger partial charge is 0.244 e. The van der Waals surface area contributed by atoms with Crippen molar-refractivity contribution < 1.29 is 4.79 Å². The summed E-state index contributed by atoms with van der Waals surface area (Å²) >= 11 is 0. The summed E-state index contributed by atoms with van der Waals surface area (Å²) < 4.78 is 0. The highest BCUT2D eigenvalue weighted by atomic mass is 16.2. The van der Waals surface area contributed by atoms with E-state index in [-0.39, 0.29) is 11.7 Å². The van der Waals surface area contributed by atoms with E-state index >= 15 is 0 Å². The summed E-state index contributed by atoms with van der Waals surface area (Å²) in [5, 5.41) is 3.51. The van der Waals surface area contributed by atoms with Crippen molar-refractivity contribution in [3.8, 4) is 0 Å². The summed E-state index contributed by atoms with van der Waals surface area (Å²) in [6.45, 7) is 7.32. The Balaban J connectivity index is 2.12. The minimum Gasteiger partial charge on any atom is -0.326 e. The van der Waals surface area contributed by atoms with Crippen molar-refractivity contribution in [1.82, 2.24) is 10.2 Å². The van der Waals surface area contributed by atoms with Gasteiger partial charge in [-0.2, -0.15) is 0 Å². The van der Waals surface area contributed by atoms with Gasteiger partial charge in [0.2, 0.25) is 5.91 Å². The Labute approximate surface area is 92.2 Å². The highest BCUT2D eigenvalue weighted by Gasteiger charge is 2.50. The highest BCUT2D eigenvalue weighted by Crippen LogP contribution is 2.36. The molecule has 0 aromatic rings. The average Bonchev–Trinajstić information content (AvgIpc) is 2.69. The van der Waals surface area contributed by atoms with Gasteiger partial charge >= 0.3 is 0 Å². The van der Waals surface area contributed by atoms with Crippen LogP contribution in [0.5, 0.6) is 0 Å². The molecule has 0 bridgehead atoms. The molecule has 1 saturated carbocycles. The van der Waals surface area contributed by atoms with E-state index in [1.807, 2.05) is 4.90 Å². The Hall–Kier alpha value is -0.570. The molecule has 2 aliphatic rings. The van der Waals surface area contributed by atoms with Gasteiger partial charge in [0.1, 0.15) is 0 Å². The Morgan fingerprint density at radius 1 is 1.47 bits per heavy atom. The number of hydrogen-bond acceptors (Lipinski definition) is 2. The molecule has 0 aromatic carbocycles. The first-order valence-corrected chi connectivity index (χ1v) is 6.14. The molecule has 15 heavy (non-hydrogen) atoms. The number of carbonyl (C=O) groups excluding carboxylic acids is 1. The minimum atomic E-state index is -0.186. The maximum atomic E-state index is 12.3. The minimum absolute atomic E-state index is 0.186. The van der Waals surface area contributed by atoms with Gasteiger partial charge in [-0.05, 0) is 25.7 Å². The average molecular weight is 210 g/mol. The molecule has 86 valence electrons. The lowest BCUT2D eigenvalue weighted by molar-refractivity contribution is -0.133. The second-order valence-electron chi connectivity index (χ2n) is 5.46. The molecule has 1 atom stereocenters. The molecule has 0 aromatic heterocycles. The van der Waals surface area contributed by atoms with E-state index in [4.69, 9.17) is 0 Å². The highest BCUT2D eigenvalue weighted by molar-refractivity contribution is 5.89. The molecular weight excluding hydrogens is 188 g/mol. The Kier molecular flexibility index (Phi) is 2.75. The number of carbonyl (C=O) groups is 1. The van der Waals surface area contributed by atoms with Crippen LogP contribution in [0.1, 0.15) is 46.5 Å². The zero-order chi connectivity index (χ0) is 11.1. The normalized spacial score (nSPS) is 29.7. The lowest BCUT2D eigenvalue weighted by atomic mass is 9.98. The van der Waals surface area contributed by atoms with Crippen molar-refractivity contribution in [2.45, 2.75) is 58.2 Å². The molecular formula is C12H22N2O. The van der Waals surface area contributed by atoms with E-state index in [1.165, 1.54) is 12.8 Å². The number of nitrogens with one attached hydrogen (secondary N) is 1. The summed E-state index contributed by atoms with van der Waals surface area (Å²) in [4.78, 5) is 14.4. The third-order valence-electron chi connectivity index (χ3n) is 3.64. The summed E-state index contributed by atoms with van der Waals surface area (Å²) in [6, 6.07) is 0. The lowest BCUT2D eigenvalue weighted by Gasteiger charge is -2.23. The SMILES string of the molecule is CC(C)CN1C(=O)C2(CCCC2)NC1C. The van der Waals surface area contributed by atoms with E-state index in [0.29, 0.717) is 11.8 Å². The number of hydrogen-bond donors (Lipinski definition) is 1. The van der Waals surface area contributed by atoms with Gasteiger partial charge in [0.05, 0.1) is 11.7 Å². The topological polar surface area (TPSA) is 32.3 Å². The monoisotopic (exact) mass is 210 g/mol. The van der Waals surface area contributed by atoms with E-state index in [1.54, 1.807) is 0 Å². The first-order valence-electron chi connectivity index (χ1n) is 6.14. The summed E-state index contributed by atoms with van der Waals surface area (Å²) in [5.74, 6) is 0.899. The predicted octanol–water partition coefficient (Wildman–Crippen LogP) is 1.73. The van der Waals surface area contributed by atoms with Gasteiger partial charge < -0.3 is 4.90 Å². The molecule has 1 aliphatic carbocycles. The molecule has 0 radical (unpaired) electrons. The maximum absolute atomic E-state index is 12.3. The summed E-state index contributed by atoms with van der Waals surface area (Å²) in [5.41, 5.74) is -0.186. The molecule has 1 spiro atoms. The number of nitrogens with zero attached hydrogens (tertiary/aromatic N) is 1. The molecule has 1 unspecified atom stereocenters. The van der Waals surface area contributed by atoms with Crippen LogP contribution in [0.2, 0.25) is 0 Å². The van der Waals surface area contributed by atoms with Crippen LogP contribution in [0.15, 0.2) is 0 Å². The predicted molar refractivity (Wildman–Crippen MR) is 60.3 cm³/mol. The van der Waals surface area contributed by atoms with Crippen molar-refractivity contribution in [2.24, 2.45) is 5.92 Å². The largest absolute Gasteiger partial charge is 0.326 e. The van der Waals surface area contributed by atoms with Crippen LogP contribution in [0.4, 0.5) is 0 Å². The molecule has 1 saturated heterocycles. The van der Waals surface area contributed by atoms with Crippen molar-refractivity contribution in [2.75, 3.05) is 6.54 Å². The Bertz CT molecular complexity index is 256. The van der Waals surface area contributed by atoms with Crippen molar-refractivity contribution in [3.05, 3.63) is 0 Å². The van der Waals surface area contributed by atoms with Crippen LogP contribution in [0, 0.1) is 5.92 Å². The second-order valence-corrected chi connectivity index (χ2v) is 5.46. The zero-order valence-corrected chi connectivity index (χ0v) is 10.0. The third-order valence-corrected chi connectivity index (χ3v) is 3.64. The first kappa shape index (κ1) is 10.9. The Morgan fingerprint density at radius 2 is 2.07 bits per heavy atom. The van der Waals surface area contributed by atoms with Gasteiger partial charge in [-0.3, -0.25) is 10.1 Å². The fourth-order valence-electron chi connectivity index (χ4n) is 2.96.